The number of benzene rings is 1. The molecule has 3 heterocycles. The van der Waals surface area contributed by atoms with Gasteiger partial charge in [-0.3, -0.25) is 19.9 Å². The molecule has 2 aromatic heterocycles. The third kappa shape index (κ3) is 4.48. The number of H-pyrrole nitrogens is 1. The van der Waals surface area contributed by atoms with Gasteiger partial charge in [-0.2, -0.15) is 10.2 Å². The minimum atomic E-state index is -3.61. The minimum absolute atomic E-state index is 0.0738. The number of aromatic amines is 1. The smallest absolute Gasteiger partial charge is 0.216 e. The van der Waals surface area contributed by atoms with E-state index in [0.717, 1.165) is 17.5 Å². The molecule has 0 radical (unpaired) electrons. The molecule has 5 rings (SSSR count). The first-order chi connectivity index (χ1) is 15.9. The first-order valence-corrected chi connectivity index (χ1v) is 12.1. The van der Waals surface area contributed by atoms with Crippen LogP contribution in [0.25, 0.3) is 21.7 Å². The lowest BCUT2D eigenvalue weighted by molar-refractivity contribution is 0.381. The van der Waals surface area contributed by atoms with Gasteiger partial charge in [0, 0.05) is 48.9 Å². The second kappa shape index (κ2) is 8.38. The number of nitrogens with zero attached hydrogens (tertiary/aromatic N) is 4. The third-order valence-electron chi connectivity index (χ3n) is 5.70. The van der Waals surface area contributed by atoms with E-state index in [1.807, 2.05) is 36.5 Å². The number of aromatic nitrogens is 3. The van der Waals surface area contributed by atoms with E-state index < -0.39 is 10.0 Å². The van der Waals surface area contributed by atoms with Crippen LogP contribution in [0.4, 0.5) is 0 Å². The molecular formula is C23H22N6O3S. The van der Waals surface area contributed by atoms with Crippen LogP contribution in [0, 0.1) is 0 Å². The van der Waals surface area contributed by atoms with Gasteiger partial charge in [0.05, 0.1) is 23.5 Å². The number of likely N-dealkylation sites (N-methyl/N-ethyl adjacent to an activating group) is 1. The number of sulfonamides is 1. The molecule has 33 heavy (non-hydrogen) atoms. The van der Waals surface area contributed by atoms with Gasteiger partial charge < -0.3 is 0 Å². The summed E-state index contributed by atoms with van der Waals surface area (Å²) in [5.41, 5.74) is 2.55. The minimum Gasteiger partial charge on any atom is -0.299 e. The maximum atomic E-state index is 13.5. The van der Waals surface area contributed by atoms with Crippen LogP contribution in [0.15, 0.2) is 64.8 Å². The van der Waals surface area contributed by atoms with Crippen molar-refractivity contribution in [2.24, 2.45) is 5.10 Å². The molecule has 0 saturated heterocycles. The highest BCUT2D eigenvalue weighted by Crippen LogP contribution is 2.23. The van der Waals surface area contributed by atoms with Crippen LogP contribution in [0.3, 0.4) is 0 Å². The molecule has 0 fully saturated rings. The van der Waals surface area contributed by atoms with Gasteiger partial charge in [-0.25, -0.2) is 13.1 Å². The molecule has 1 aliphatic heterocycles. The average Bonchev–Trinajstić information content (AvgIpc) is 3.45. The zero-order valence-corrected chi connectivity index (χ0v) is 18.7. The summed E-state index contributed by atoms with van der Waals surface area (Å²) in [4.78, 5) is 18.0. The van der Waals surface area contributed by atoms with Gasteiger partial charge in [-0.15, -0.1) is 0 Å². The monoisotopic (exact) mass is 462 g/mol. The van der Waals surface area contributed by atoms with E-state index in [1.165, 1.54) is 0 Å². The highest BCUT2D eigenvalue weighted by Gasteiger charge is 2.18. The summed E-state index contributed by atoms with van der Waals surface area (Å²) in [5.74, 6) is -0.161. The van der Waals surface area contributed by atoms with Crippen LogP contribution in [-0.4, -0.2) is 48.4 Å². The molecule has 4 aromatic rings. The number of rotatable bonds is 6. The van der Waals surface area contributed by atoms with Gasteiger partial charge in [0.2, 0.25) is 10.0 Å². The number of pyridine rings is 1. The standard InChI is InChI=1S/C23H22N6O3S/c1-29-13-18(11-26-29)17-9-21-22(24-10-17)5-4-16-3-2-15(8-20(16)23(21)30)14-33(31,32)27-12-19-6-7-25-28-19/h2-11,18,27H,12-14H2,1H3,(H,25,28). The number of fused-ring (bicyclic) bond motifs is 2. The van der Waals surface area contributed by atoms with Crippen LogP contribution >= 0.6 is 0 Å². The highest BCUT2D eigenvalue weighted by atomic mass is 32.2. The second-order valence-electron chi connectivity index (χ2n) is 8.16. The van der Waals surface area contributed by atoms with Crippen molar-refractivity contribution in [2.75, 3.05) is 13.6 Å². The first kappa shape index (κ1) is 21.2. The number of hydrogen-bond acceptors (Lipinski definition) is 7. The number of nitrogens with one attached hydrogen (secondary N) is 2. The van der Waals surface area contributed by atoms with E-state index in [0.29, 0.717) is 27.5 Å². The predicted molar refractivity (Wildman–Crippen MR) is 127 cm³/mol. The van der Waals surface area contributed by atoms with Crippen molar-refractivity contribution in [2.45, 2.75) is 18.2 Å². The first-order valence-electron chi connectivity index (χ1n) is 10.4. The molecule has 168 valence electrons. The Labute approximate surface area is 190 Å². The molecule has 0 saturated carbocycles. The Bertz CT molecular complexity index is 1530. The molecule has 0 amide bonds. The maximum Gasteiger partial charge on any atom is 0.216 e. The number of hydrogen-bond donors (Lipinski definition) is 2. The third-order valence-corrected chi connectivity index (χ3v) is 7.00. The summed E-state index contributed by atoms with van der Waals surface area (Å²) in [5, 5.41) is 14.3. The SMILES string of the molecule is CN1CC(c2cnc3ccc4ccc(CS(=O)(=O)NCc5ccn[nH]5)cc4c(=O)c3c2)C=N1. The van der Waals surface area contributed by atoms with Gasteiger partial charge in [-0.1, -0.05) is 18.2 Å². The zero-order valence-electron chi connectivity index (χ0n) is 17.9. The van der Waals surface area contributed by atoms with Crippen LogP contribution in [0.2, 0.25) is 0 Å². The summed E-state index contributed by atoms with van der Waals surface area (Å²) >= 11 is 0. The fourth-order valence-corrected chi connectivity index (χ4v) is 5.06. The van der Waals surface area contributed by atoms with E-state index in [9.17, 15) is 13.2 Å². The van der Waals surface area contributed by atoms with Gasteiger partial charge in [-0.05, 0) is 40.8 Å². The van der Waals surface area contributed by atoms with E-state index >= 15 is 0 Å². The van der Waals surface area contributed by atoms with Crippen molar-refractivity contribution in [1.29, 1.82) is 0 Å². The lowest BCUT2D eigenvalue weighted by atomic mass is 10.0. The van der Waals surface area contributed by atoms with E-state index in [-0.39, 0.29) is 23.6 Å². The average molecular weight is 463 g/mol. The zero-order chi connectivity index (χ0) is 23.0. The van der Waals surface area contributed by atoms with Crippen LogP contribution in [0.5, 0.6) is 0 Å². The summed E-state index contributed by atoms with van der Waals surface area (Å²) in [6, 6.07) is 12.4. The summed E-state index contributed by atoms with van der Waals surface area (Å²) < 4.78 is 27.7. The Hall–Kier alpha value is -3.63. The van der Waals surface area contributed by atoms with Crippen LogP contribution in [-0.2, 0) is 22.3 Å². The van der Waals surface area contributed by atoms with E-state index in [2.05, 4.69) is 25.0 Å². The summed E-state index contributed by atoms with van der Waals surface area (Å²) in [7, 11) is -1.71. The largest absolute Gasteiger partial charge is 0.299 e. The van der Waals surface area contributed by atoms with E-state index in [4.69, 9.17) is 0 Å². The molecular weight excluding hydrogens is 440 g/mol. The van der Waals surface area contributed by atoms with Crippen molar-refractivity contribution >= 4 is 37.9 Å². The predicted octanol–water partition coefficient (Wildman–Crippen LogP) is 2.11. The van der Waals surface area contributed by atoms with Crippen molar-refractivity contribution in [3.8, 4) is 0 Å². The van der Waals surface area contributed by atoms with Crippen LogP contribution < -0.4 is 10.2 Å². The van der Waals surface area contributed by atoms with Crippen molar-refractivity contribution < 1.29 is 8.42 Å². The van der Waals surface area contributed by atoms with Gasteiger partial charge in [0.15, 0.2) is 5.43 Å². The van der Waals surface area contributed by atoms with Gasteiger partial charge in [0.1, 0.15) is 0 Å². The Kier molecular flexibility index (Phi) is 5.39. The molecule has 1 unspecified atom stereocenters. The topological polar surface area (TPSA) is 120 Å². The molecule has 10 heteroatoms. The lowest BCUT2D eigenvalue weighted by Crippen LogP contribution is -2.24. The van der Waals surface area contributed by atoms with E-state index in [1.54, 1.807) is 36.7 Å². The highest BCUT2D eigenvalue weighted by molar-refractivity contribution is 7.88. The maximum absolute atomic E-state index is 13.5. The number of hydrazone groups is 1. The molecule has 2 N–H and O–H groups in total. The van der Waals surface area contributed by atoms with Crippen molar-refractivity contribution in [1.82, 2.24) is 24.9 Å². The summed E-state index contributed by atoms with van der Waals surface area (Å²) in [6.07, 6.45) is 5.20. The Morgan fingerprint density at radius 1 is 1.15 bits per heavy atom. The Morgan fingerprint density at radius 2 is 2.00 bits per heavy atom. The molecule has 0 spiro atoms. The Morgan fingerprint density at radius 3 is 2.76 bits per heavy atom. The van der Waals surface area contributed by atoms with Gasteiger partial charge in [0.25, 0.3) is 0 Å². The van der Waals surface area contributed by atoms with Crippen LogP contribution in [0.1, 0.15) is 22.7 Å². The molecule has 0 aliphatic carbocycles. The molecule has 1 atom stereocenters. The normalized spacial score (nSPS) is 16.2. The Balaban J connectivity index is 1.51. The second-order valence-corrected chi connectivity index (χ2v) is 9.97. The van der Waals surface area contributed by atoms with Crippen molar-refractivity contribution in [3.63, 3.8) is 0 Å². The molecule has 9 nitrogen and oxygen atoms in total. The molecule has 0 bridgehead atoms. The van der Waals surface area contributed by atoms with Gasteiger partial charge >= 0.3 is 0 Å². The quantitative estimate of drug-likeness (QED) is 0.453. The summed E-state index contributed by atoms with van der Waals surface area (Å²) in [6.45, 7) is 0.852. The molecule has 1 aliphatic rings. The molecule has 2 aromatic carbocycles. The van der Waals surface area contributed by atoms with Crippen molar-refractivity contribution in [3.05, 3.63) is 81.9 Å². The fourth-order valence-electron chi connectivity index (χ4n) is 3.96. The fraction of sp³-hybridized carbons (Fsp3) is 0.217. The lowest BCUT2D eigenvalue weighted by Gasteiger charge is -2.10.